The quantitative estimate of drug-likeness (QED) is 0.442. The topological polar surface area (TPSA) is 41.1 Å². The van der Waals surface area contributed by atoms with Crippen LogP contribution in [-0.2, 0) is 4.79 Å². The van der Waals surface area contributed by atoms with Gasteiger partial charge in [0.2, 0.25) is 5.91 Å². The summed E-state index contributed by atoms with van der Waals surface area (Å²) in [4.78, 5) is 15.1. The molecular weight excluding hydrogens is 372 g/mol. The maximum atomic E-state index is 11.5. The van der Waals surface area contributed by atoms with Gasteiger partial charge >= 0.3 is 0 Å². The number of amides is 1. The van der Waals surface area contributed by atoms with E-state index < -0.39 is 0 Å². The molecule has 0 radical (unpaired) electrons. The van der Waals surface area contributed by atoms with Crippen molar-refractivity contribution in [1.29, 1.82) is 0 Å². The predicted molar refractivity (Wildman–Crippen MR) is 114 cm³/mol. The summed E-state index contributed by atoms with van der Waals surface area (Å²) in [5.74, 6) is 0.514. The number of carbonyl (C=O) groups is 1. The molecule has 3 aromatic rings. The number of para-hydroxylation sites is 1. The van der Waals surface area contributed by atoms with Crippen LogP contribution < -0.4 is 10.6 Å². The number of rotatable bonds is 2. The highest BCUT2D eigenvalue weighted by Crippen LogP contribution is 2.45. The first-order valence-corrected chi connectivity index (χ1v) is 10.4. The molecule has 2 N–H and O–H groups in total. The highest BCUT2D eigenvalue weighted by Gasteiger charge is 2.18. The van der Waals surface area contributed by atoms with Crippen LogP contribution in [0, 0.1) is 0 Å². The summed E-state index contributed by atoms with van der Waals surface area (Å²) in [7, 11) is 0. The maximum Gasteiger partial charge on any atom is 0.234 e. The van der Waals surface area contributed by atoms with Crippen molar-refractivity contribution in [3.05, 3.63) is 78.4 Å². The third kappa shape index (κ3) is 3.03. The third-order valence-electron chi connectivity index (χ3n) is 4.67. The lowest BCUT2D eigenvalue weighted by molar-refractivity contribution is -0.113. The molecule has 5 heteroatoms. The summed E-state index contributed by atoms with van der Waals surface area (Å²) < 4.78 is 0. The van der Waals surface area contributed by atoms with Gasteiger partial charge < -0.3 is 10.6 Å². The lowest BCUT2D eigenvalue weighted by atomic mass is 9.98. The van der Waals surface area contributed by atoms with E-state index in [-0.39, 0.29) is 5.91 Å². The molecule has 0 spiro atoms. The van der Waals surface area contributed by atoms with Crippen molar-refractivity contribution >= 4 is 52.1 Å². The average Bonchev–Trinajstić information content (AvgIpc) is 2.71. The Labute approximate surface area is 166 Å². The van der Waals surface area contributed by atoms with Crippen LogP contribution in [-0.4, -0.2) is 11.7 Å². The first-order chi connectivity index (χ1) is 13.2. The summed E-state index contributed by atoms with van der Waals surface area (Å²) in [5.41, 5.74) is 6.26. The molecule has 27 heavy (non-hydrogen) atoms. The molecule has 3 nitrogen and oxygen atoms in total. The number of nitrogens with one attached hydrogen (secondary N) is 2. The van der Waals surface area contributed by atoms with Gasteiger partial charge in [0.15, 0.2) is 0 Å². The van der Waals surface area contributed by atoms with Gasteiger partial charge in [0.25, 0.3) is 0 Å². The van der Waals surface area contributed by atoms with Gasteiger partial charge in [-0.25, -0.2) is 0 Å². The van der Waals surface area contributed by atoms with E-state index in [1.54, 1.807) is 23.5 Å². The summed E-state index contributed by atoms with van der Waals surface area (Å²) >= 11 is 3.35. The van der Waals surface area contributed by atoms with Gasteiger partial charge in [-0.15, -0.1) is 11.8 Å². The zero-order chi connectivity index (χ0) is 18.4. The van der Waals surface area contributed by atoms with Gasteiger partial charge in [0.1, 0.15) is 0 Å². The van der Waals surface area contributed by atoms with E-state index in [0.717, 1.165) is 38.7 Å². The largest absolute Gasteiger partial charge is 0.354 e. The molecule has 0 saturated carbocycles. The number of hydrogen-bond acceptors (Lipinski definition) is 4. The Bertz CT molecular complexity index is 1110. The molecule has 2 heterocycles. The molecule has 0 aromatic heterocycles. The Balaban J connectivity index is 1.46. The van der Waals surface area contributed by atoms with Crippen LogP contribution in [0.5, 0.6) is 0 Å². The molecule has 0 atom stereocenters. The van der Waals surface area contributed by atoms with Crippen LogP contribution in [0.25, 0.3) is 5.57 Å². The van der Waals surface area contributed by atoms with E-state index >= 15 is 0 Å². The third-order valence-corrected chi connectivity index (χ3v) is 6.87. The number of carbonyl (C=O) groups excluding carboxylic acids is 1. The summed E-state index contributed by atoms with van der Waals surface area (Å²) in [6.45, 7) is 4.32. The smallest absolute Gasteiger partial charge is 0.234 e. The molecule has 0 fully saturated rings. The van der Waals surface area contributed by atoms with Gasteiger partial charge in [0.05, 0.1) is 22.8 Å². The SMILES string of the molecule is C=C(c1ccc2c(c1)Nc1ccccc1S2)c1ccc2c(c1)SCC(=O)N2. The van der Waals surface area contributed by atoms with E-state index in [1.807, 2.05) is 18.2 Å². The fourth-order valence-electron chi connectivity index (χ4n) is 3.26. The van der Waals surface area contributed by atoms with Gasteiger partial charge in [-0.1, -0.05) is 42.6 Å². The van der Waals surface area contributed by atoms with E-state index in [1.165, 1.54) is 9.79 Å². The fraction of sp³-hybridized carbons (Fsp3) is 0.0455. The highest BCUT2D eigenvalue weighted by molar-refractivity contribution is 8.00. The number of thioether (sulfide) groups is 1. The van der Waals surface area contributed by atoms with E-state index in [4.69, 9.17) is 0 Å². The number of benzene rings is 3. The van der Waals surface area contributed by atoms with Crippen molar-refractivity contribution in [1.82, 2.24) is 0 Å². The molecular formula is C22H16N2OS2. The van der Waals surface area contributed by atoms with Crippen molar-refractivity contribution in [3.8, 4) is 0 Å². The zero-order valence-corrected chi connectivity index (χ0v) is 16.0. The lowest BCUT2D eigenvalue weighted by Crippen LogP contribution is -2.18. The fourth-order valence-corrected chi connectivity index (χ4v) is 5.07. The molecule has 0 aliphatic carbocycles. The number of hydrogen-bond donors (Lipinski definition) is 2. The lowest BCUT2D eigenvalue weighted by Gasteiger charge is -2.22. The zero-order valence-electron chi connectivity index (χ0n) is 14.4. The molecule has 0 unspecified atom stereocenters. The second kappa shape index (κ2) is 6.51. The van der Waals surface area contributed by atoms with Crippen LogP contribution in [0.3, 0.4) is 0 Å². The second-order valence-electron chi connectivity index (χ2n) is 6.46. The van der Waals surface area contributed by atoms with Gasteiger partial charge in [-0.05, 0) is 53.1 Å². The maximum absolute atomic E-state index is 11.5. The minimum absolute atomic E-state index is 0.0534. The molecule has 2 aliphatic rings. The number of anilines is 3. The molecule has 3 aromatic carbocycles. The Morgan fingerprint density at radius 1 is 0.815 bits per heavy atom. The normalized spacial score (nSPS) is 14.3. The van der Waals surface area contributed by atoms with Crippen LogP contribution in [0.4, 0.5) is 17.1 Å². The van der Waals surface area contributed by atoms with E-state index in [2.05, 4.69) is 59.7 Å². The first kappa shape index (κ1) is 16.5. The second-order valence-corrected chi connectivity index (χ2v) is 8.56. The van der Waals surface area contributed by atoms with Gasteiger partial charge in [0, 0.05) is 14.7 Å². The van der Waals surface area contributed by atoms with Crippen molar-refractivity contribution in [2.75, 3.05) is 16.4 Å². The molecule has 0 saturated heterocycles. The monoisotopic (exact) mass is 388 g/mol. The van der Waals surface area contributed by atoms with Crippen LogP contribution in [0.1, 0.15) is 11.1 Å². The van der Waals surface area contributed by atoms with E-state index in [9.17, 15) is 4.79 Å². The molecule has 5 rings (SSSR count). The van der Waals surface area contributed by atoms with Crippen molar-refractivity contribution < 1.29 is 4.79 Å². The minimum atomic E-state index is 0.0534. The van der Waals surface area contributed by atoms with Crippen LogP contribution >= 0.6 is 23.5 Å². The molecule has 1 amide bonds. The van der Waals surface area contributed by atoms with Crippen LogP contribution in [0.2, 0.25) is 0 Å². The van der Waals surface area contributed by atoms with Gasteiger partial charge in [-0.3, -0.25) is 4.79 Å². The Morgan fingerprint density at radius 2 is 1.56 bits per heavy atom. The molecule has 2 aliphatic heterocycles. The van der Waals surface area contributed by atoms with Gasteiger partial charge in [-0.2, -0.15) is 0 Å². The Kier molecular flexibility index (Phi) is 3.99. The molecule has 0 bridgehead atoms. The Morgan fingerprint density at radius 3 is 2.48 bits per heavy atom. The van der Waals surface area contributed by atoms with Crippen LogP contribution in [0.15, 0.2) is 81.9 Å². The number of fused-ring (bicyclic) bond motifs is 3. The van der Waals surface area contributed by atoms with E-state index in [0.29, 0.717) is 5.75 Å². The predicted octanol–water partition coefficient (Wildman–Crippen LogP) is 6.00. The minimum Gasteiger partial charge on any atom is -0.354 e. The molecule has 132 valence electrons. The first-order valence-electron chi connectivity index (χ1n) is 8.62. The average molecular weight is 389 g/mol. The summed E-state index contributed by atoms with van der Waals surface area (Å²) in [6, 6.07) is 20.9. The van der Waals surface area contributed by atoms with Crippen molar-refractivity contribution in [3.63, 3.8) is 0 Å². The summed E-state index contributed by atoms with van der Waals surface area (Å²) in [6.07, 6.45) is 0. The summed E-state index contributed by atoms with van der Waals surface area (Å²) in [5, 5.41) is 6.44. The highest BCUT2D eigenvalue weighted by atomic mass is 32.2. The van der Waals surface area contributed by atoms with Crippen molar-refractivity contribution in [2.45, 2.75) is 14.7 Å². The standard InChI is InChI=1S/C22H16N2OS2/c1-13(15-6-8-17-21(11-15)26-12-22(25)24-17)14-7-9-20-18(10-14)23-16-4-2-3-5-19(16)27-20/h2-11,23H,1,12H2,(H,24,25). The Hall–Kier alpha value is -2.63. The van der Waals surface area contributed by atoms with Crippen molar-refractivity contribution in [2.24, 2.45) is 0 Å².